The summed E-state index contributed by atoms with van der Waals surface area (Å²) in [5.41, 5.74) is -0.112. The number of aromatic nitrogens is 1. The Hall–Kier alpha value is -1.70. The Balaban J connectivity index is 3.14. The molecule has 0 radical (unpaired) electrons. The predicted molar refractivity (Wildman–Crippen MR) is 79.8 cm³/mol. The van der Waals surface area contributed by atoms with Gasteiger partial charge in [0.15, 0.2) is 0 Å². The van der Waals surface area contributed by atoms with Crippen molar-refractivity contribution in [3.05, 3.63) is 26.9 Å². The van der Waals surface area contributed by atoms with Gasteiger partial charge in [0.2, 0.25) is 11.7 Å². The van der Waals surface area contributed by atoms with E-state index in [1.54, 1.807) is 19.0 Å². The first-order valence-electron chi connectivity index (χ1n) is 6.11. The van der Waals surface area contributed by atoms with Crippen molar-refractivity contribution in [1.82, 2.24) is 9.88 Å². The van der Waals surface area contributed by atoms with Crippen LogP contribution >= 0.6 is 15.9 Å². The molecule has 20 heavy (non-hydrogen) atoms. The van der Waals surface area contributed by atoms with Crippen LogP contribution in [-0.4, -0.2) is 47.9 Å². The lowest BCUT2D eigenvalue weighted by atomic mass is 10.3. The van der Waals surface area contributed by atoms with E-state index in [1.165, 1.54) is 17.2 Å². The summed E-state index contributed by atoms with van der Waals surface area (Å²) < 4.78 is 0.531. The second-order valence-corrected chi connectivity index (χ2v) is 5.38. The Labute approximate surface area is 125 Å². The average Bonchev–Trinajstić information content (AvgIpc) is 2.37. The molecule has 7 nitrogen and oxygen atoms in total. The molecule has 0 fully saturated rings. The van der Waals surface area contributed by atoms with Gasteiger partial charge >= 0.3 is 5.69 Å². The van der Waals surface area contributed by atoms with E-state index in [9.17, 15) is 14.9 Å². The molecule has 0 aliphatic heterocycles. The number of carbonyl (C=O) groups excluding carboxylic acids is 1. The molecule has 0 saturated heterocycles. The normalized spacial score (nSPS) is 10.2. The Morgan fingerprint density at radius 2 is 2.15 bits per heavy atom. The van der Waals surface area contributed by atoms with Gasteiger partial charge in [0.1, 0.15) is 0 Å². The molecule has 8 heteroatoms. The van der Waals surface area contributed by atoms with Gasteiger partial charge in [0, 0.05) is 37.4 Å². The molecule has 110 valence electrons. The van der Waals surface area contributed by atoms with E-state index in [-0.39, 0.29) is 24.0 Å². The third-order valence-electron chi connectivity index (χ3n) is 2.63. The molecule has 0 spiro atoms. The van der Waals surface area contributed by atoms with Crippen LogP contribution in [0.1, 0.15) is 13.3 Å². The van der Waals surface area contributed by atoms with E-state index in [4.69, 9.17) is 0 Å². The fourth-order valence-corrected chi connectivity index (χ4v) is 1.95. The summed E-state index contributed by atoms with van der Waals surface area (Å²) in [5, 5.41) is 11.1. The van der Waals surface area contributed by atoms with Crippen LogP contribution in [-0.2, 0) is 4.79 Å². The third kappa shape index (κ3) is 4.16. The predicted octanol–water partition coefficient (Wildman–Crippen LogP) is 2.06. The van der Waals surface area contributed by atoms with Crippen molar-refractivity contribution in [3.63, 3.8) is 0 Å². The van der Waals surface area contributed by atoms with Gasteiger partial charge in [-0.3, -0.25) is 14.9 Å². The van der Waals surface area contributed by atoms with Crippen LogP contribution in [0, 0.1) is 10.1 Å². The molecule has 0 saturated carbocycles. The van der Waals surface area contributed by atoms with Crippen LogP contribution in [0.15, 0.2) is 16.7 Å². The number of pyridine rings is 1. The molecule has 1 rings (SSSR count). The van der Waals surface area contributed by atoms with Gasteiger partial charge in [-0.1, -0.05) is 6.92 Å². The van der Waals surface area contributed by atoms with Crippen LogP contribution in [0.5, 0.6) is 0 Å². The van der Waals surface area contributed by atoms with Gasteiger partial charge in [-0.2, -0.15) is 0 Å². The number of rotatable bonds is 6. The standard InChI is InChI=1S/C12H17BrN4O3/c1-4-5-16(8-11(18)15(2)3)12-10(17(19)20)6-9(13)7-14-12/h6-7H,4-5,8H2,1-3H3. The van der Waals surface area contributed by atoms with Crippen molar-refractivity contribution in [3.8, 4) is 0 Å². The molecule has 0 unspecified atom stereocenters. The number of nitro groups is 1. The first-order chi connectivity index (χ1) is 9.36. The number of hydrogen-bond acceptors (Lipinski definition) is 5. The minimum Gasteiger partial charge on any atom is -0.347 e. The summed E-state index contributed by atoms with van der Waals surface area (Å²) >= 11 is 3.17. The van der Waals surface area contributed by atoms with Crippen LogP contribution < -0.4 is 4.90 Å². The zero-order chi connectivity index (χ0) is 15.3. The van der Waals surface area contributed by atoms with Gasteiger partial charge in [-0.05, 0) is 22.4 Å². The molecule has 0 atom stereocenters. The van der Waals surface area contributed by atoms with E-state index < -0.39 is 4.92 Å². The monoisotopic (exact) mass is 344 g/mol. The zero-order valence-corrected chi connectivity index (χ0v) is 13.3. The van der Waals surface area contributed by atoms with Crippen LogP contribution in [0.4, 0.5) is 11.5 Å². The Kier molecular flexibility index (Phi) is 5.87. The SMILES string of the molecule is CCCN(CC(=O)N(C)C)c1ncc(Br)cc1[N+](=O)[O-]. The molecule has 0 aliphatic rings. The minimum atomic E-state index is -0.490. The second-order valence-electron chi connectivity index (χ2n) is 4.46. The van der Waals surface area contributed by atoms with Crippen LogP contribution in [0.3, 0.4) is 0 Å². The van der Waals surface area contributed by atoms with Crippen LogP contribution in [0.2, 0.25) is 0 Å². The maximum atomic E-state index is 11.8. The highest BCUT2D eigenvalue weighted by molar-refractivity contribution is 9.10. The zero-order valence-electron chi connectivity index (χ0n) is 11.7. The molecule has 0 aromatic carbocycles. The first-order valence-corrected chi connectivity index (χ1v) is 6.91. The largest absolute Gasteiger partial charge is 0.347 e. The topological polar surface area (TPSA) is 79.6 Å². The van der Waals surface area contributed by atoms with Gasteiger partial charge in [-0.15, -0.1) is 0 Å². The average molecular weight is 345 g/mol. The summed E-state index contributed by atoms with van der Waals surface area (Å²) in [5.74, 6) is 0.0905. The summed E-state index contributed by atoms with van der Waals surface area (Å²) in [6.07, 6.45) is 2.25. The van der Waals surface area contributed by atoms with Gasteiger partial charge in [0.25, 0.3) is 0 Å². The van der Waals surface area contributed by atoms with E-state index in [2.05, 4.69) is 20.9 Å². The van der Waals surface area contributed by atoms with E-state index in [1.807, 2.05) is 6.92 Å². The number of amides is 1. The molecule has 0 N–H and O–H groups in total. The lowest BCUT2D eigenvalue weighted by Crippen LogP contribution is -2.37. The summed E-state index contributed by atoms with van der Waals surface area (Å²) in [7, 11) is 3.30. The fourth-order valence-electron chi connectivity index (χ4n) is 1.63. The fraction of sp³-hybridized carbons (Fsp3) is 0.500. The Bertz CT molecular complexity index is 507. The lowest BCUT2D eigenvalue weighted by molar-refractivity contribution is -0.384. The highest BCUT2D eigenvalue weighted by atomic mass is 79.9. The highest BCUT2D eigenvalue weighted by Gasteiger charge is 2.23. The maximum Gasteiger partial charge on any atom is 0.312 e. The summed E-state index contributed by atoms with van der Waals surface area (Å²) in [6, 6.07) is 1.39. The van der Waals surface area contributed by atoms with Crippen LogP contribution in [0.25, 0.3) is 0 Å². The van der Waals surface area contributed by atoms with Crippen molar-refractivity contribution in [2.24, 2.45) is 0 Å². The number of likely N-dealkylation sites (N-methyl/N-ethyl adjacent to an activating group) is 1. The first kappa shape index (κ1) is 16.4. The number of nitrogens with zero attached hydrogens (tertiary/aromatic N) is 4. The number of carbonyl (C=O) groups is 1. The van der Waals surface area contributed by atoms with Gasteiger partial charge in [0.05, 0.1) is 11.5 Å². The molecule has 1 aromatic heterocycles. The smallest absolute Gasteiger partial charge is 0.312 e. The second kappa shape index (κ2) is 7.18. The minimum absolute atomic E-state index is 0.0658. The highest BCUT2D eigenvalue weighted by Crippen LogP contribution is 2.28. The van der Waals surface area contributed by atoms with Crippen molar-refractivity contribution in [2.45, 2.75) is 13.3 Å². The van der Waals surface area contributed by atoms with E-state index in [0.717, 1.165) is 6.42 Å². The van der Waals surface area contributed by atoms with E-state index >= 15 is 0 Å². The number of hydrogen-bond donors (Lipinski definition) is 0. The van der Waals surface area contributed by atoms with Crippen molar-refractivity contribution in [1.29, 1.82) is 0 Å². The number of anilines is 1. The molecule has 0 bridgehead atoms. The Morgan fingerprint density at radius 1 is 1.50 bits per heavy atom. The molecular formula is C12H17BrN4O3. The number of halogens is 1. The van der Waals surface area contributed by atoms with E-state index in [0.29, 0.717) is 11.0 Å². The molecule has 1 aromatic rings. The maximum absolute atomic E-state index is 11.8. The molecule has 0 aliphatic carbocycles. The molecular weight excluding hydrogens is 328 g/mol. The van der Waals surface area contributed by atoms with Crippen molar-refractivity contribution in [2.75, 3.05) is 32.1 Å². The summed E-state index contributed by atoms with van der Waals surface area (Å²) in [4.78, 5) is 29.6. The summed E-state index contributed by atoms with van der Waals surface area (Å²) in [6.45, 7) is 2.53. The molecule has 1 amide bonds. The quantitative estimate of drug-likeness (QED) is 0.582. The van der Waals surface area contributed by atoms with Crippen molar-refractivity contribution >= 4 is 33.3 Å². The van der Waals surface area contributed by atoms with Crippen molar-refractivity contribution < 1.29 is 9.72 Å². The lowest BCUT2D eigenvalue weighted by Gasteiger charge is -2.23. The van der Waals surface area contributed by atoms with Gasteiger partial charge < -0.3 is 9.80 Å². The molecule has 1 heterocycles. The Morgan fingerprint density at radius 3 is 2.65 bits per heavy atom. The third-order valence-corrected chi connectivity index (χ3v) is 3.06. The van der Waals surface area contributed by atoms with Gasteiger partial charge in [-0.25, -0.2) is 4.98 Å².